The van der Waals surface area contributed by atoms with Gasteiger partial charge in [-0.15, -0.1) is 0 Å². The van der Waals surface area contributed by atoms with Crippen molar-refractivity contribution in [1.82, 2.24) is 5.43 Å². The SMILES string of the molecule is CC/C(C)=N\NC(=O)COc1ccccc1. The lowest BCUT2D eigenvalue weighted by Crippen LogP contribution is -2.25. The third kappa shape index (κ3) is 4.59. The van der Waals surface area contributed by atoms with Crippen molar-refractivity contribution in [2.24, 2.45) is 5.10 Å². The second-order valence-electron chi connectivity index (χ2n) is 3.34. The average Bonchev–Trinajstić information content (AvgIpc) is 2.34. The van der Waals surface area contributed by atoms with Crippen molar-refractivity contribution in [3.8, 4) is 5.75 Å². The maximum Gasteiger partial charge on any atom is 0.277 e. The monoisotopic (exact) mass is 220 g/mol. The lowest BCUT2D eigenvalue weighted by molar-refractivity contribution is -0.123. The molecule has 0 fully saturated rings. The summed E-state index contributed by atoms with van der Waals surface area (Å²) in [6.07, 6.45) is 0.819. The van der Waals surface area contributed by atoms with Gasteiger partial charge in [-0.1, -0.05) is 25.1 Å². The molecule has 0 aliphatic heterocycles. The summed E-state index contributed by atoms with van der Waals surface area (Å²) < 4.78 is 5.25. The number of benzene rings is 1. The van der Waals surface area contributed by atoms with Crippen molar-refractivity contribution in [3.63, 3.8) is 0 Å². The highest BCUT2D eigenvalue weighted by atomic mass is 16.5. The minimum Gasteiger partial charge on any atom is -0.484 e. The van der Waals surface area contributed by atoms with E-state index < -0.39 is 0 Å². The van der Waals surface area contributed by atoms with E-state index in [4.69, 9.17) is 4.74 Å². The highest BCUT2D eigenvalue weighted by Crippen LogP contribution is 2.07. The minimum atomic E-state index is -0.253. The molecule has 4 heteroatoms. The highest BCUT2D eigenvalue weighted by molar-refractivity contribution is 5.84. The van der Waals surface area contributed by atoms with Crippen LogP contribution < -0.4 is 10.2 Å². The minimum absolute atomic E-state index is 0.0233. The van der Waals surface area contributed by atoms with Crippen molar-refractivity contribution in [3.05, 3.63) is 30.3 Å². The molecule has 86 valence electrons. The summed E-state index contributed by atoms with van der Waals surface area (Å²) in [5.74, 6) is 0.422. The number of nitrogens with one attached hydrogen (secondary N) is 1. The summed E-state index contributed by atoms with van der Waals surface area (Å²) in [6, 6.07) is 9.20. The van der Waals surface area contributed by atoms with Crippen LogP contribution in [-0.4, -0.2) is 18.2 Å². The topological polar surface area (TPSA) is 50.7 Å². The Bertz CT molecular complexity index is 361. The molecule has 1 amide bonds. The van der Waals surface area contributed by atoms with Gasteiger partial charge >= 0.3 is 0 Å². The van der Waals surface area contributed by atoms with Crippen LogP contribution >= 0.6 is 0 Å². The molecule has 0 aromatic heterocycles. The maximum absolute atomic E-state index is 11.3. The fraction of sp³-hybridized carbons (Fsp3) is 0.333. The number of para-hydroxylation sites is 1. The molecule has 0 saturated carbocycles. The van der Waals surface area contributed by atoms with E-state index in [2.05, 4.69) is 10.5 Å². The maximum atomic E-state index is 11.3. The van der Waals surface area contributed by atoms with Gasteiger partial charge in [0.1, 0.15) is 5.75 Å². The van der Waals surface area contributed by atoms with Gasteiger partial charge in [0.05, 0.1) is 0 Å². The molecule has 0 heterocycles. The number of ether oxygens (including phenoxy) is 1. The Morgan fingerprint density at radius 1 is 1.38 bits per heavy atom. The van der Waals surface area contributed by atoms with Crippen molar-refractivity contribution in [2.75, 3.05) is 6.61 Å². The smallest absolute Gasteiger partial charge is 0.277 e. The predicted molar refractivity (Wildman–Crippen MR) is 63.5 cm³/mol. The molecular formula is C12H16N2O2. The summed E-state index contributed by atoms with van der Waals surface area (Å²) in [4.78, 5) is 11.3. The number of rotatable bonds is 5. The molecule has 0 radical (unpaired) electrons. The van der Waals surface area contributed by atoms with E-state index in [0.717, 1.165) is 12.1 Å². The lowest BCUT2D eigenvalue weighted by Gasteiger charge is -2.04. The van der Waals surface area contributed by atoms with Gasteiger partial charge < -0.3 is 4.74 Å². The van der Waals surface area contributed by atoms with Crippen molar-refractivity contribution >= 4 is 11.6 Å². The van der Waals surface area contributed by atoms with E-state index in [1.807, 2.05) is 32.0 Å². The van der Waals surface area contributed by atoms with Crippen molar-refractivity contribution in [1.29, 1.82) is 0 Å². The van der Waals surface area contributed by atoms with Crippen LogP contribution in [0.25, 0.3) is 0 Å². The number of carbonyl (C=O) groups is 1. The van der Waals surface area contributed by atoms with Gasteiger partial charge in [-0.2, -0.15) is 5.10 Å². The second-order valence-corrected chi connectivity index (χ2v) is 3.34. The Morgan fingerprint density at radius 3 is 2.69 bits per heavy atom. The number of nitrogens with zero attached hydrogens (tertiary/aromatic N) is 1. The molecule has 0 aliphatic carbocycles. The van der Waals surface area contributed by atoms with Crippen LogP contribution in [0.4, 0.5) is 0 Å². The first-order valence-electron chi connectivity index (χ1n) is 5.22. The van der Waals surface area contributed by atoms with Crippen molar-refractivity contribution in [2.45, 2.75) is 20.3 Å². The van der Waals surface area contributed by atoms with Crippen LogP contribution in [-0.2, 0) is 4.79 Å². The van der Waals surface area contributed by atoms with Crippen LogP contribution in [0.5, 0.6) is 5.75 Å². The third-order valence-corrected chi connectivity index (χ3v) is 2.00. The van der Waals surface area contributed by atoms with Gasteiger partial charge in [-0.25, -0.2) is 5.43 Å². The number of carbonyl (C=O) groups excluding carboxylic acids is 1. The van der Waals surface area contributed by atoms with Crippen LogP contribution in [0.15, 0.2) is 35.4 Å². The Balaban J connectivity index is 2.31. The second kappa shape index (κ2) is 6.61. The summed E-state index contributed by atoms with van der Waals surface area (Å²) in [5, 5.41) is 3.89. The number of hydrazone groups is 1. The van der Waals surface area contributed by atoms with E-state index in [1.54, 1.807) is 12.1 Å². The largest absolute Gasteiger partial charge is 0.484 e. The molecular weight excluding hydrogens is 204 g/mol. The molecule has 1 rings (SSSR count). The zero-order valence-electron chi connectivity index (χ0n) is 9.56. The van der Waals surface area contributed by atoms with Crippen LogP contribution in [0, 0.1) is 0 Å². The molecule has 1 aromatic carbocycles. The summed E-state index contributed by atoms with van der Waals surface area (Å²) in [6.45, 7) is 3.81. The van der Waals surface area contributed by atoms with E-state index in [9.17, 15) is 4.79 Å². The predicted octanol–water partition coefficient (Wildman–Crippen LogP) is 1.97. The van der Waals surface area contributed by atoms with E-state index in [-0.39, 0.29) is 12.5 Å². The molecule has 1 aromatic rings. The van der Waals surface area contributed by atoms with Gasteiger partial charge in [-0.05, 0) is 25.5 Å². The molecule has 0 atom stereocenters. The van der Waals surface area contributed by atoms with Gasteiger partial charge in [0.2, 0.25) is 0 Å². The highest BCUT2D eigenvalue weighted by Gasteiger charge is 2.00. The van der Waals surface area contributed by atoms with E-state index >= 15 is 0 Å². The van der Waals surface area contributed by atoms with Gasteiger partial charge in [0, 0.05) is 5.71 Å². The first-order chi connectivity index (χ1) is 7.72. The normalized spacial score (nSPS) is 11.0. The average molecular weight is 220 g/mol. The van der Waals surface area contributed by atoms with Crippen LogP contribution in [0.1, 0.15) is 20.3 Å². The fourth-order valence-corrected chi connectivity index (χ4v) is 0.935. The summed E-state index contributed by atoms with van der Waals surface area (Å²) in [7, 11) is 0. The zero-order chi connectivity index (χ0) is 11.8. The molecule has 1 N–H and O–H groups in total. The zero-order valence-corrected chi connectivity index (χ0v) is 9.56. The lowest BCUT2D eigenvalue weighted by atomic mass is 10.3. The van der Waals surface area contributed by atoms with Gasteiger partial charge in [0.15, 0.2) is 6.61 Å². The standard InChI is InChI=1S/C12H16N2O2/c1-3-10(2)13-14-12(15)9-16-11-7-5-4-6-8-11/h4-8H,3,9H2,1-2H3,(H,14,15)/b13-10-. The molecule has 0 bridgehead atoms. The Morgan fingerprint density at radius 2 is 2.06 bits per heavy atom. The quantitative estimate of drug-likeness (QED) is 0.609. The van der Waals surface area contributed by atoms with Crippen LogP contribution in [0.3, 0.4) is 0 Å². The molecule has 0 unspecified atom stereocenters. The first-order valence-corrected chi connectivity index (χ1v) is 5.22. The number of hydrogen-bond acceptors (Lipinski definition) is 3. The van der Waals surface area contributed by atoms with E-state index in [0.29, 0.717) is 5.75 Å². The molecule has 4 nitrogen and oxygen atoms in total. The van der Waals surface area contributed by atoms with E-state index in [1.165, 1.54) is 0 Å². The molecule has 16 heavy (non-hydrogen) atoms. The number of hydrogen-bond donors (Lipinski definition) is 1. The molecule has 0 aliphatic rings. The Hall–Kier alpha value is -1.84. The Kier molecular flexibility index (Phi) is 5.05. The Labute approximate surface area is 95.3 Å². The number of amides is 1. The van der Waals surface area contributed by atoms with Gasteiger partial charge in [0.25, 0.3) is 5.91 Å². The summed E-state index contributed by atoms with van der Waals surface area (Å²) in [5.41, 5.74) is 3.31. The fourth-order valence-electron chi connectivity index (χ4n) is 0.935. The third-order valence-electron chi connectivity index (χ3n) is 2.00. The molecule has 0 spiro atoms. The first kappa shape index (κ1) is 12.2. The van der Waals surface area contributed by atoms with Crippen LogP contribution in [0.2, 0.25) is 0 Å². The van der Waals surface area contributed by atoms with Gasteiger partial charge in [-0.3, -0.25) is 4.79 Å². The summed E-state index contributed by atoms with van der Waals surface area (Å²) >= 11 is 0. The molecule has 0 saturated heterocycles. The van der Waals surface area contributed by atoms with Crippen molar-refractivity contribution < 1.29 is 9.53 Å².